The number of amides is 1. The van der Waals surface area contributed by atoms with Crippen molar-refractivity contribution in [2.24, 2.45) is 0 Å². The summed E-state index contributed by atoms with van der Waals surface area (Å²) < 4.78 is 11.2. The Balaban J connectivity index is 1.48. The fourth-order valence-electron chi connectivity index (χ4n) is 3.30. The number of rotatable bonds is 5. The van der Waals surface area contributed by atoms with Crippen molar-refractivity contribution in [3.63, 3.8) is 0 Å². The summed E-state index contributed by atoms with van der Waals surface area (Å²) in [4.78, 5) is 14.7. The first kappa shape index (κ1) is 21.8. The van der Waals surface area contributed by atoms with E-state index in [1.54, 1.807) is 36.4 Å². The standard InChI is InChI=1S/C23H19Cl3N2O3/c24-15-4-7-20(28-10-12-30-13-11-28)19(14-15)27-22(29)9-6-16-5-8-21(31-16)17-2-1-3-18(25)23(17)26/h1-9,14H,10-13H2,(H,27,29). The second kappa shape index (κ2) is 9.79. The number of benzene rings is 2. The van der Waals surface area contributed by atoms with E-state index in [-0.39, 0.29) is 5.91 Å². The largest absolute Gasteiger partial charge is 0.457 e. The highest BCUT2D eigenvalue weighted by Crippen LogP contribution is 2.34. The van der Waals surface area contributed by atoms with Crippen LogP contribution in [-0.2, 0) is 9.53 Å². The summed E-state index contributed by atoms with van der Waals surface area (Å²) >= 11 is 18.5. The number of furan rings is 1. The van der Waals surface area contributed by atoms with E-state index in [1.165, 1.54) is 6.08 Å². The minimum atomic E-state index is -0.296. The molecule has 0 atom stereocenters. The number of hydrogen-bond acceptors (Lipinski definition) is 4. The molecule has 5 nitrogen and oxygen atoms in total. The van der Waals surface area contributed by atoms with E-state index < -0.39 is 0 Å². The Morgan fingerprint density at radius 1 is 1.03 bits per heavy atom. The molecule has 0 bridgehead atoms. The Morgan fingerprint density at radius 2 is 1.84 bits per heavy atom. The molecule has 1 N–H and O–H groups in total. The molecule has 2 aromatic carbocycles. The Hall–Kier alpha value is -2.44. The summed E-state index contributed by atoms with van der Waals surface area (Å²) in [5.41, 5.74) is 2.24. The lowest BCUT2D eigenvalue weighted by Gasteiger charge is -2.30. The zero-order valence-electron chi connectivity index (χ0n) is 16.4. The molecular formula is C23H19Cl3N2O3. The van der Waals surface area contributed by atoms with E-state index in [4.69, 9.17) is 44.0 Å². The Labute approximate surface area is 195 Å². The van der Waals surface area contributed by atoms with Crippen LogP contribution in [0.1, 0.15) is 5.76 Å². The minimum absolute atomic E-state index is 0.296. The third-order valence-corrected chi connectivity index (χ3v) is 5.87. The summed E-state index contributed by atoms with van der Waals surface area (Å²) in [5.74, 6) is 0.785. The van der Waals surface area contributed by atoms with Gasteiger partial charge in [0.25, 0.3) is 0 Å². The van der Waals surface area contributed by atoms with Gasteiger partial charge in [0.05, 0.1) is 34.6 Å². The van der Waals surface area contributed by atoms with Crippen molar-refractivity contribution in [2.75, 3.05) is 36.5 Å². The first-order valence-electron chi connectivity index (χ1n) is 9.67. The maximum atomic E-state index is 12.5. The second-order valence-electron chi connectivity index (χ2n) is 6.89. The van der Waals surface area contributed by atoms with Crippen LogP contribution in [0.2, 0.25) is 15.1 Å². The van der Waals surface area contributed by atoms with Crippen molar-refractivity contribution in [1.29, 1.82) is 0 Å². The molecule has 1 saturated heterocycles. The van der Waals surface area contributed by atoms with Gasteiger partial charge in [0, 0.05) is 29.8 Å². The van der Waals surface area contributed by atoms with Crippen LogP contribution < -0.4 is 10.2 Å². The Morgan fingerprint density at radius 3 is 2.65 bits per heavy atom. The van der Waals surface area contributed by atoms with E-state index in [1.807, 2.05) is 18.2 Å². The lowest BCUT2D eigenvalue weighted by atomic mass is 10.2. The van der Waals surface area contributed by atoms with Crippen molar-refractivity contribution in [2.45, 2.75) is 0 Å². The molecule has 0 radical (unpaired) electrons. The summed E-state index contributed by atoms with van der Waals surface area (Å²) in [6, 6.07) is 14.3. The maximum absolute atomic E-state index is 12.5. The van der Waals surface area contributed by atoms with Crippen LogP contribution in [0.25, 0.3) is 17.4 Å². The molecule has 1 fully saturated rings. The van der Waals surface area contributed by atoms with Crippen LogP contribution in [0.3, 0.4) is 0 Å². The van der Waals surface area contributed by atoms with E-state index >= 15 is 0 Å². The summed E-state index contributed by atoms with van der Waals surface area (Å²) in [7, 11) is 0. The topological polar surface area (TPSA) is 54.7 Å². The number of anilines is 2. The van der Waals surface area contributed by atoms with Gasteiger partial charge in [0.2, 0.25) is 5.91 Å². The highest BCUT2D eigenvalue weighted by Gasteiger charge is 2.16. The predicted molar refractivity (Wildman–Crippen MR) is 126 cm³/mol. The highest BCUT2D eigenvalue weighted by atomic mass is 35.5. The molecule has 160 valence electrons. The number of ether oxygens (including phenoxy) is 1. The zero-order chi connectivity index (χ0) is 21.8. The van der Waals surface area contributed by atoms with Gasteiger partial charge < -0.3 is 19.4 Å². The quantitative estimate of drug-likeness (QED) is 0.432. The third kappa shape index (κ3) is 5.25. The second-order valence-corrected chi connectivity index (χ2v) is 8.11. The molecule has 2 heterocycles. The number of carbonyl (C=O) groups excluding carboxylic acids is 1. The van der Waals surface area contributed by atoms with Crippen LogP contribution >= 0.6 is 34.8 Å². The molecule has 1 amide bonds. The monoisotopic (exact) mass is 476 g/mol. The van der Waals surface area contributed by atoms with Gasteiger partial charge >= 0.3 is 0 Å². The normalized spacial score (nSPS) is 14.2. The molecule has 1 aliphatic rings. The van der Waals surface area contributed by atoms with Crippen LogP contribution in [0.4, 0.5) is 11.4 Å². The van der Waals surface area contributed by atoms with Gasteiger partial charge in [-0.3, -0.25) is 4.79 Å². The average molecular weight is 478 g/mol. The molecule has 4 rings (SSSR count). The Kier molecular flexibility index (Phi) is 6.88. The summed E-state index contributed by atoms with van der Waals surface area (Å²) in [5, 5.41) is 4.32. The van der Waals surface area contributed by atoms with Crippen LogP contribution in [0.5, 0.6) is 0 Å². The number of carbonyl (C=O) groups is 1. The van der Waals surface area contributed by atoms with Gasteiger partial charge in [-0.1, -0.05) is 40.9 Å². The first-order chi connectivity index (χ1) is 15.0. The predicted octanol–water partition coefficient (Wildman–Crippen LogP) is 6.40. The molecule has 0 unspecified atom stereocenters. The molecule has 31 heavy (non-hydrogen) atoms. The molecule has 0 spiro atoms. The number of nitrogens with zero attached hydrogens (tertiary/aromatic N) is 1. The molecule has 0 saturated carbocycles. The first-order valence-corrected chi connectivity index (χ1v) is 10.8. The van der Waals surface area contributed by atoms with Gasteiger partial charge in [-0.15, -0.1) is 0 Å². The SMILES string of the molecule is O=C(C=Cc1ccc(-c2cccc(Cl)c2Cl)o1)Nc1cc(Cl)ccc1N1CCOCC1. The molecular weight excluding hydrogens is 459 g/mol. The Bertz CT molecular complexity index is 1120. The van der Waals surface area contributed by atoms with Crippen molar-refractivity contribution in [1.82, 2.24) is 0 Å². The number of morpholine rings is 1. The van der Waals surface area contributed by atoms with E-state index in [9.17, 15) is 4.79 Å². The van der Waals surface area contributed by atoms with E-state index in [0.717, 1.165) is 18.8 Å². The van der Waals surface area contributed by atoms with E-state index in [2.05, 4.69) is 10.2 Å². The van der Waals surface area contributed by atoms with E-state index in [0.29, 0.717) is 51.1 Å². The zero-order valence-corrected chi connectivity index (χ0v) is 18.7. The molecule has 1 aromatic heterocycles. The fraction of sp³-hybridized carbons (Fsp3) is 0.174. The molecule has 3 aromatic rings. The lowest BCUT2D eigenvalue weighted by Crippen LogP contribution is -2.36. The van der Waals surface area contributed by atoms with Crippen molar-refractivity contribution in [3.05, 3.63) is 75.4 Å². The molecule has 0 aliphatic carbocycles. The smallest absolute Gasteiger partial charge is 0.248 e. The fourth-order valence-corrected chi connectivity index (χ4v) is 3.87. The molecule has 8 heteroatoms. The van der Waals surface area contributed by atoms with Gasteiger partial charge in [-0.2, -0.15) is 0 Å². The van der Waals surface area contributed by atoms with Crippen LogP contribution in [0, 0.1) is 0 Å². The minimum Gasteiger partial charge on any atom is -0.457 e. The van der Waals surface area contributed by atoms with Crippen molar-refractivity contribution < 1.29 is 13.9 Å². The van der Waals surface area contributed by atoms with Crippen LogP contribution in [-0.4, -0.2) is 32.2 Å². The van der Waals surface area contributed by atoms with Gasteiger partial charge in [-0.05, 0) is 48.5 Å². The van der Waals surface area contributed by atoms with Gasteiger partial charge in [-0.25, -0.2) is 0 Å². The number of halogens is 3. The van der Waals surface area contributed by atoms with Crippen LogP contribution in [0.15, 0.2) is 59.0 Å². The summed E-state index contributed by atoms with van der Waals surface area (Å²) in [6.45, 7) is 2.80. The van der Waals surface area contributed by atoms with Crippen molar-refractivity contribution in [3.8, 4) is 11.3 Å². The molecule has 1 aliphatic heterocycles. The lowest BCUT2D eigenvalue weighted by molar-refractivity contribution is -0.111. The number of hydrogen-bond donors (Lipinski definition) is 1. The maximum Gasteiger partial charge on any atom is 0.248 e. The number of nitrogens with one attached hydrogen (secondary N) is 1. The highest BCUT2D eigenvalue weighted by molar-refractivity contribution is 6.43. The van der Waals surface area contributed by atoms with Crippen molar-refractivity contribution >= 4 is 58.2 Å². The third-order valence-electron chi connectivity index (χ3n) is 4.81. The van der Waals surface area contributed by atoms with Gasteiger partial charge in [0.1, 0.15) is 11.5 Å². The average Bonchev–Trinajstić information content (AvgIpc) is 3.24. The summed E-state index contributed by atoms with van der Waals surface area (Å²) in [6.07, 6.45) is 3.00. The van der Waals surface area contributed by atoms with Gasteiger partial charge in [0.15, 0.2) is 0 Å².